The number of hydrogen-bond acceptors (Lipinski definition) is 0. The van der Waals surface area contributed by atoms with Crippen molar-refractivity contribution >= 4 is 15.9 Å². The van der Waals surface area contributed by atoms with Crippen LogP contribution in [0, 0.1) is 5.92 Å². The molecule has 1 heteroatoms. The van der Waals surface area contributed by atoms with Crippen molar-refractivity contribution in [2.24, 2.45) is 5.92 Å². The van der Waals surface area contributed by atoms with Crippen LogP contribution in [0.5, 0.6) is 0 Å². The number of halogens is 1. The highest BCUT2D eigenvalue weighted by molar-refractivity contribution is 9.09. The molecule has 1 aliphatic carbocycles. The minimum Gasteiger partial charge on any atom is -0.0883 e. The van der Waals surface area contributed by atoms with Crippen LogP contribution in [0.1, 0.15) is 12.8 Å². The summed E-state index contributed by atoms with van der Waals surface area (Å²) in [7, 11) is 0. The Labute approximate surface area is 52.7 Å². The number of rotatable bonds is 2. The molecule has 0 aromatic heterocycles. The molecule has 1 rings (SSSR count). The maximum Gasteiger partial charge on any atom is 0.0212 e. The molecule has 0 bridgehead atoms. The normalized spacial score (nSPS) is 21.3. The van der Waals surface area contributed by atoms with Gasteiger partial charge in [0.15, 0.2) is 0 Å². The van der Waals surface area contributed by atoms with E-state index in [2.05, 4.69) is 28.1 Å². The third-order valence-electron chi connectivity index (χ3n) is 1.12. The predicted octanol–water partition coefficient (Wildman–Crippen LogP) is 2.35. The van der Waals surface area contributed by atoms with Crippen LogP contribution in [-0.2, 0) is 0 Å². The molecular formula is C6H9Br. The summed E-state index contributed by atoms with van der Waals surface area (Å²) in [5.41, 5.74) is 0. The average Bonchev–Trinajstić information content (AvgIpc) is 2.42. The van der Waals surface area contributed by atoms with Gasteiger partial charge in [-0.25, -0.2) is 0 Å². The van der Waals surface area contributed by atoms with Crippen molar-refractivity contribution in [2.75, 3.05) is 5.33 Å². The Kier molecular flexibility index (Phi) is 1.92. The highest BCUT2D eigenvalue weighted by Crippen LogP contribution is 2.29. The Hall–Kier alpha value is 0.220. The summed E-state index contributed by atoms with van der Waals surface area (Å²) in [6.45, 7) is 0. The maximum absolute atomic E-state index is 3.32. The van der Waals surface area contributed by atoms with E-state index in [4.69, 9.17) is 0 Å². The van der Waals surface area contributed by atoms with Gasteiger partial charge in [0.2, 0.25) is 0 Å². The van der Waals surface area contributed by atoms with Crippen molar-refractivity contribution in [1.29, 1.82) is 0 Å². The van der Waals surface area contributed by atoms with Gasteiger partial charge in [-0.1, -0.05) is 28.1 Å². The first-order chi connectivity index (χ1) is 3.43. The third kappa shape index (κ3) is 2.12. The Morgan fingerprint density at radius 2 is 2.29 bits per heavy atom. The first kappa shape index (κ1) is 5.36. The van der Waals surface area contributed by atoms with E-state index in [0.717, 1.165) is 11.2 Å². The summed E-state index contributed by atoms with van der Waals surface area (Å²) in [6.07, 6.45) is 7.30. The first-order valence-electron chi connectivity index (χ1n) is 2.66. The van der Waals surface area contributed by atoms with E-state index >= 15 is 0 Å². The third-order valence-corrected chi connectivity index (χ3v) is 1.49. The van der Waals surface area contributed by atoms with Gasteiger partial charge in [0.25, 0.3) is 0 Å². The van der Waals surface area contributed by atoms with Gasteiger partial charge in [-0.3, -0.25) is 0 Å². The molecule has 0 N–H and O–H groups in total. The molecule has 0 amide bonds. The van der Waals surface area contributed by atoms with Crippen molar-refractivity contribution in [3.8, 4) is 0 Å². The zero-order valence-electron chi connectivity index (χ0n) is 4.23. The quantitative estimate of drug-likeness (QED) is 0.430. The summed E-state index contributed by atoms with van der Waals surface area (Å²) in [4.78, 5) is 0. The van der Waals surface area contributed by atoms with E-state index in [0.29, 0.717) is 0 Å². The van der Waals surface area contributed by atoms with Gasteiger partial charge in [-0.2, -0.15) is 0 Å². The molecule has 1 aliphatic rings. The summed E-state index contributed by atoms with van der Waals surface area (Å²) < 4.78 is 0. The predicted molar refractivity (Wildman–Crippen MR) is 35.7 cm³/mol. The topological polar surface area (TPSA) is 0 Å². The number of allylic oxidation sites excluding steroid dienone is 2. The Morgan fingerprint density at radius 3 is 2.71 bits per heavy atom. The first-order valence-corrected chi connectivity index (χ1v) is 3.78. The van der Waals surface area contributed by atoms with Crippen molar-refractivity contribution < 1.29 is 0 Å². The van der Waals surface area contributed by atoms with Gasteiger partial charge in [0.1, 0.15) is 0 Å². The van der Waals surface area contributed by atoms with E-state index in [1.54, 1.807) is 0 Å². The summed E-state index contributed by atoms with van der Waals surface area (Å²) in [6, 6.07) is 0. The van der Waals surface area contributed by atoms with Crippen LogP contribution in [0.4, 0.5) is 0 Å². The summed E-state index contributed by atoms with van der Waals surface area (Å²) >= 11 is 3.32. The molecular weight excluding hydrogens is 152 g/mol. The molecule has 1 fully saturated rings. The van der Waals surface area contributed by atoms with Crippen LogP contribution in [0.2, 0.25) is 0 Å². The van der Waals surface area contributed by atoms with E-state index in [1.165, 1.54) is 12.8 Å². The second-order valence-electron chi connectivity index (χ2n) is 1.92. The fourth-order valence-electron chi connectivity index (χ4n) is 0.533. The fourth-order valence-corrected chi connectivity index (χ4v) is 0.748. The van der Waals surface area contributed by atoms with Gasteiger partial charge in [-0.05, 0) is 18.8 Å². The molecule has 7 heavy (non-hydrogen) atoms. The van der Waals surface area contributed by atoms with Gasteiger partial charge in [0.05, 0.1) is 0 Å². The zero-order chi connectivity index (χ0) is 5.11. The number of alkyl halides is 1. The largest absolute Gasteiger partial charge is 0.0883 e. The minimum absolute atomic E-state index is 0.942. The molecule has 0 aliphatic heterocycles. The smallest absolute Gasteiger partial charge is 0.0212 e. The van der Waals surface area contributed by atoms with E-state index < -0.39 is 0 Å². The minimum atomic E-state index is 0.942. The van der Waals surface area contributed by atoms with Crippen molar-refractivity contribution in [3.05, 3.63) is 12.2 Å². The lowest BCUT2D eigenvalue weighted by Crippen LogP contribution is -1.61. The van der Waals surface area contributed by atoms with E-state index in [1.807, 2.05) is 0 Å². The van der Waals surface area contributed by atoms with Crippen LogP contribution in [0.25, 0.3) is 0 Å². The SMILES string of the molecule is BrC/C=C/C1CC1. The second-order valence-corrected chi connectivity index (χ2v) is 2.57. The molecule has 1 saturated carbocycles. The van der Waals surface area contributed by atoms with Gasteiger partial charge >= 0.3 is 0 Å². The molecule has 0 atom stereocenters. The second kappa shape index (κ2) is 2.51. The molecule has 0 saturated heterocycles. The Bertz CT molecular complexity index is 72.2. The number of hydrogen-bond donors (Lipinski definition) is 0. The molecule has 0 nitrogen and oxygen atoms in total. The lowest BCUT2D eigenvalue weighted by molar-refractivity contribution is 1.12. The zero-order valence-corrected chi connectivity index (χ0v) is 5.82. The van der Waals surface area contributed by atoms with E-state index in [9.17, 15) is 0 Å². The highest BCUT2D eigenvalue weighted by atomic mass is 79.9. The molecule has 0 aromatic rings. The lowest BCUT2D eigenvalue weighted by atomic mass is 10.4. The van der Waals surface area contributed by atoms with Gasteiger partial charge in [0, 0.05) is 5.33 Å². The molecule has 0 heterocycles. The molecule has 0 spiro atoms. The Morgan fingerprint density at radius 1 is 1.57 bits per heavy atom. The van der Waals surface area contributed by atoms with Gasteiger partial charge < -0.3 is 0 Å². The average molecular weight is 161 g/mol. The van der Waals surface area contributed by atoms with Gasteiger partial charge in [-0.15, -0.1) is 0 Å². The monoisotopic (exact) mass is 160 g/mol. The fraction of sp³-hybridized carbons (Fsp3) is 0.667. The maximum atomic E-state index is 3.32. The van der Waals surface area contributed by atoms with Crippen LogP contribution in [-0.4, -0.2) is 5.33 Å². The molecule has 0 aromatic carbocycles. The van der Waals surface area contributed by atoms with Crippen molar-refractivity contribution in [1.82, 2.24) is 0 Å². The Balaban J connectivity index is 2.05. The van der Waals surface area contributed by atoms with Crippen molar-refractivity contribution in [3.63, 3.8) is 0 Å². The lowest BCUT2D eigenvalue weighted by Gasteiger charge is -1.74. The molecule has 0 unspecified atom stereocenters. The highest BCUT2D eigenvalue weighted by Gasteiger charge is 2.16. The molecule has 0 radical (unpaired) electrons. The van der Waals surface area contributed by atoms with Crippen LogP contribution >= 0.6 is 15.9 Å². The standard InChI is InChI=1S/C6H9Br/c7-5-1-2-6-3-4-6/h1-2,6H,3-5H2/b2-1+. The van der Waals surface area contributed by atoms with Crippen LogP contribution in [0.15, 0.2) is 12.2 Å². The molecule has 40 valence electrons. The van der Waals surface area contributed by atoms with Crippen molar-refractivity contribution in [2.45, 2.75) is 12.8 Å². The summed E-state index contributed by atoms with van der Waals surface area (Å²) in [5.74, 6) is 0.942. The van der Waals surface area contributed by atoms with Crippen LogP contribution in [0.3, 0.4) is 0 Å². The summed E-state index contributed by atoms with van der Waals surface area (Å²) in [5, 5.41) is 1.02. The van der Waals surface area contributed by atoms with E-state index in [-0.39, 0.29) is 0 Å². The van der Waals surface area contributed by atoms with Crippen LogP contribution < -0.4 is 0 Å².